The predicted octanol–water partition coefficient (Wildman–Crippen LogP) is 5.82. The van der Waals surface area contributed by atoms with Gasteiger partial charge < -0.3 is 20.4 Å². The highest BCUT2D eigenvalue weighted by atomic mass is 32.2. The highest BCUT2D eigenvalue weighted by Gasteiger charge is 2.14. The molecule has 0 unspecified atom stereocenters. The van der Waals surface area contributed by atoms with E-state index in [9.17, 15) is 14.4 Å². The molecule has 4 rings (SSSR count). The maximum Gasteiger partial charge on any atom is 0.291 e. The van der Waals surface area contributed by atoms with Gasteiger partial charge in [-0.15, -0.1) is 11.8 Å². The molecule has 8 heteroatoms. The number of nitrogens with one attached hydrogen (secondary N) is 3. The van der Waals surface area contributed by atoms with Crippen LogP contribution in [0.5, 0.6) is 0 Å². The Morgan fingerprint density at radius 3 is 1.97 bits per heavy atom. The third-order valence-electron chi connectivity index (χ3n) is 4.97. The van der Waals surface area contributed by atoms with Crippen LogP contribution in [0, 0.1) is 6.92 Å². The van der Waals surface area contributed by atoms with Crippen molar-refractivity contribution in [3.8, 4) is 0 Å². The number of anilines is 3. The highest BCUT2D eigenvalue weighted by Crippen LogP contribution is 2.24. The molecule has 176 valence electrons. The Hall–Kier alpha value is -4.30. The monoisotopic (exact) mass is 485 g/mol. The fourth-order valence-corrected chi connectivity index (χ4v) is 4.04. The first-order chi connectivity index (χ1) is 17.0. The van der Waals surface area contributed by atoms with Gasteiger partial charge in [0.15, 0.2) is 5.76 Å². The molecule has 0 atom stereocenters. The number of carbonyl (C=O) groups is 3. The third-order valence-corrected chi connectivity index (χ3v) is 6.04. The van der Waals surface area contributed by atoms with Gasteiger partial charge in [0, 0.05) is 22.0 Å². The SMILES string of the molecule is Cc1ccc(NC(=O)CSc2ccccc2C(=O)Nc2ccc(NC(=O)c3ccco3)cc2)cc1. The fraction of sp³-hybridized carbons (Fsp3) is 0.0741. The Labute approximate surface area is 206 Å². The van der Waals surface area contributed by atoms with Gasteiger partial charge in [0.05, 0.1) is 17.6 Å². The van der Waals surface area contributed by atoms with Gasteiger partial charge in [0.1, 0.15) is 0 Å². The van der Waals surface area contributed by atoms with E-state index in [0.717, 1.165) is 11.3 Å². The zero-order valence-corrected chi connectivity index (χ0v) is 19.7. The van der Waals surface area contributed by atoms with E-state index in [0.29, 0.717) is 21.8 Å². The number of thioether (sulfide) groups is 1. The van der Waals surface area contributed by atoms with Crippen LogP contribution in [0.4, 0.5) is 17.1 Å². The number of amides is 3. The average Bonchev–Trinajstić information content (AvgIpc) is 3.41. The summed E-state index contributed by atoms with van der Waals surface area (Å²) < 4.78 is 5.08. The number of hydrogen-bond acceptors (Lipinski definition) is 5. The first kappa shape index (κ1) is 23.8. The molecule has 0 aliphatic rings. The molecule has 35 heavy (non-hydrogen) atoms. The van der Waals surface area contributed by atoms with Crippen LogP contribution in [0.2, 0.25) is 0 Å². The van der Waals surface area contributed by atoms with E-state index < -0.39 is 0 Å². The summed E-state index contributed by atoms with van der Waals surface area (Å²) in [6.07, 6.45) is 1.43. The van der Waals surface area contributed by atoms with E-state index in [-0.39, 0.29) is 29.2 Å². The minimum absolute atomic E-state index is 0.152. The Morgan fingerprint density at radius 2 is 1.31 bits per heavy atom. The second-order valence-electron chi connectivity index (χ2n) is 7.66. The molecule has 3 aromatic carbocycles. The zero-order valence-electron chi connectivity index (χ0n) is 18.9. The summed E-state index contributed by atoms with van der Waals surface area (Å²) >= 11 is 1.30. The maximum atomic E-state index is 12.9. The van der Waals surface area contributed by atoms with Crippen LogP contribution in [0.15, 0.2) is 101 Å². The number of benzene rings is 3. The lowest BCUT2D eigenvalue weighted by atomic mass is 10.2. The van der Waals surface area contributed by atoms with E-state index >= 15 is 0 Å². The van der Waals surface area contributed by atoms with Gasteiger partial charge in [0.25, 0.3) is 11.8 Å². The van der Waals surface area contributed by atoms with Gasteiger partial charge in [0.2, 0.25) is 5.91 Å². The molecule has 0 radical (unpaired) electrons. The van der Waals surface area contributed by atoms with Crippen molar-refractivity contribution < 1.29 is 18.8 Å². The molecular weight excluding hydrogens is 462 g/mol. The van der Waals surface area contributed by atoms with E-state index in [1.807, 2.05) is 43.3 Å². The molecule has 0 saturated heterocycles. The van der Waals surface area contributed by atoms with Gasteiger partial charge in [-0.05, 0) is 67.6 Å². The maximum absolute atomic E-state index is 12.9. The Kier molecular flexibility index (Phi) is 7.64. The Balaban J connectivity index is 1.34. The standard InChI is InChI=1S/C27H23N3O4S/c1-18-8-10-19(11-9-18)28-25(31)17-35-24-7-3-2-5-22(24)26(32)29-20-12-14-21(15-13-20)30-27(33)23-6-4-16-34-23/h2-16H,17H2,1H3,(H,28,31)(H,29,32)(H,30,33). The topological polar surface area (TPSA) is 100 Å². The van der Waals surface area contributed by atoms with Crippen molar-refractivity contribution in [3.05, 3.63) is 108 Å². The largest absolute Gasteiger partial charge is 0.459 e. The molecule has 7 nitrogen and oxygen atoms in total. The predicted molar refractivity (Wildman–Crippen MR) is 138 cm³/mol. The molecule has 0 saturated carbocycles. The molecule has 4 aromatic rings. The molecule has 0 aliphatic heterocycles. The first-order valence-corrected chi connectivity index (χ1v) is 11.8. The second kappa shape index (κ2) is 11.2. The lowest BCUT2D eigenvalue weighted by Gasteiger charge is -2.11. The van der Waals surface area contributed by atoms with Crippen LogP contribution >= 0.6 is 11.8 Å². The van der Waals surface area contributed by atoms with Crippen molar-refractivity contribution in [2.24, 2.45) is 0 Å². The van der Waals surface area contributed by atoms with Crippen LogP contribution in [0.25, 0.3) is 0 Å². The van der Waals surface area contributed by atoms with Crippen molar-refractivity contribution in [2.45, 2.75) is 11.8 Å². The van der Waals surface area contributed by atoms with Gasteiger partial charge in [-0.3, -0.25) is 14.4 Å². The lowest BCUT2D eigenvalue weighted by molar-refractivity contribution is -0.113. The number of aryl methyl sites for hydroxylation is 1. The minimum Gasteiger partial charge on any atom is -0.459 e. The number of hydrogen-bond donors (Lipinski definition) is 3. The number of furan rings is 1. The molecule has 3 N–H and O–H groups in total. The van der Waals surface area contributed by atoms with Crippen LogP contribution in [0.1, 0.15) is 26.5 Å². The Morgan fingerprint density at radius 1 is 0.714 bits per heavy atom. The minimum atomic E-state index is -0.357. The van der Waals surface area contributed by atoms with Crippen LogP contribution in [-0.2, 0) is 4.79 Å². The molecule has 0 aliphatic carbocycles. The normalized spacial score (nSPS) is 10.4. The second-order valence-corrected chi connectivity index (χ2v) is 8.68. The highest BCUT2D eigenvalue weighted by molar-refractivity contribution is 8.00. The molecule has 1 aromatic heterocycles. The van der Waals surface area contributed by atoms with Crippen molar-refractivity contribution in [2.75, 3.05) is 21.7 Å². The smallest absolute Gasteiger partial charge is 0.291 e. The molecule has 0 spiro atoms. The van der Waals surface area contributed by atoms with E-state index in [1.54, 1.807) is 48.5 Å². The quantitative estimate of drug-likeness (QED) is 0.273. The summed E-state index contributed by atoms with van der Waals surface area (Å²) in [4.78, 5) is 38.1. The van der Waals surface area contributed by atoms with Gasteiger partial charge in [-0.25, -0.2) is 0 Å². The van der Waals surface area contributed by atoms with Gasteiger partial charge >= 0.3 is 0 Å². The van der Waals surface area contributed by atoms with Crippen molar-refractivity contribution in [1.82, 2.24) is 0 Å². The van der Waals surface area contributed by atoms with Crippen LogP contribution in [0.3, 0.4) is 0 Å². The summed E-state index contributed by atoms with van der Waals surface area (Å²) in [5.74, 6) is -0.420. The Bertz CT molecular complexity index is 1320. The summed E-state index contributed by atoms with van der Waals surface area (Å²) in [6.45, 7) is 1.98. The van der Waals surface area contributed by atoms with Gasteiger partial charge in [-0.2, -0.15) is 0 Å². The van der Waals surface area contributed by atoms with E-state index in [1.165, 1.54) is 18.0 Å². The van der Waals surface area contributed by atoms with E-state index in [2.05, 4.69) is 16.0 Å². The number of carbonyl (C=O) groups excluding carboxylic acids is 3. The molecular formula is C27H23N3O4S. The van der Waals surface area contributed by atoms with Crippen molar-refractivity contribution in [3.63, 3.8) is 0 Å². The molecule has 3 amide bonds. The average molecular weight is 486 g/mol. The molecule has 1 heterocycles. The number of rotatable bonds is 8. The van der Waals surface area contributed by atoms with Crippen LogP contribution in [-0.4, -0.2) is 23.5 Å². The third kappa shape index (κ3) is 6.61. The summed E-state index contributed by atoms with van der Waals surface area (Å²) in [6, 6.07) is 24.7. The fourth-order valence-electron chi connectivity index (χ4n) is 3.19. The first-order valence-electron chi connectivity index (χ1n) is 10.8. The zero-order chi connectivity index (χ0) is 24.6. The van der Waals surface area contributed by atoms with E-state index in [4.69, 9.17) is 4.42 Å². The summed E-state index contributed by atoms with van der Waals surface area (Å²) in [5, 5.41) is 8.44. The molecule has 0 fully saturated rings. The van der Waals surface area contributed by atoms with Gasteiger partial charge in [-0.1, -0.05) is 29.8 Å². The van der Waals surface area contributed by atoms with Crippen molar-refractivity contribution in [1.29, 1.82) is 0 Å². The van der Waals surface area contributed by atoms with Crippen LogP contribution < -0.4 is 16.0 Å². The summed E-state index contributed by atoms with van der Waals surface area (Å²) in [5.41, 5.74) is 3.46. The lowest BCUT2D eigenvalue weighted by Crippen LogP contribution is -2.16. The summed E-state index contributed by atoms with van der Waals surface area (Å²) in [7, 11) is 0. The molecule has 0 bridgehead atoms. The van der Waals surface area contributed by atoms with Crippen molar-refractivity contribution >= 4 is 46.5 Å².